The Morgan fingerprint density at radius 1 is 1.57 bits per heavy atom. The molecule has 0 saturated carbocycles. The predicted molar refractivity (Wildman–Crippen MR) is 60.6 cm³/mol. The highest BCUT2D eigenvalue weighted by Gasteiger charge is 2.05. The SMILES string of the molecule is CCN(C)c1cc(NN)nc(SC)n1. The number of rotatable bonds is 4. The van der Waals surface area contributed by atoms with Crippen molar-refractivity contribution in [3.8, 4) is 0 Å². The monoisotopic (exact) mass is 213 g/mol. The van der Waals surface area contributed by atoms with Gasteiger partial charge in [-0.15, -0.1) is 0 Å². The lowest BCUT2D eigenvalue weighted by Gasteiger charge is -2.16. The lowest BCUT2D eigenvalue weighted by molar-refractivity contribution is 0.882. The van der Waals surface area contributed by atoms with Crippen LogP contribution >= 0.6 is 11.8 Å². The Bertz CT molecular complexity index is 282. The maximum Gasteiger partial charge on any atom is 0.191 e. The summed E-state index contributed by atoms with van der Waals surface area (Å²) >= 11 is 1.50. The molecule has 1 rings (SSSR count). The summed E-state index contributed by atoms with van der Waals surface area (Å²) in [6.07, 6.45) is 1.94. The third kappa shape index (κ3) is 2.49. The molecular formula is C8H15N5S. The minimum absolute atomic E-state index is 0.639. The molecule has 0 radical (unpaired) electrons. The summed E-state index contributed by atoms with van der Waals surface area (Å²) in [5.41, 5.74) is 2.53. The van der Waals surface area contributed by atoms with Crippen molar-refractivity contribution in [2.75, 3.05) is 30.2 Å². The molecule has 1 aromatic rings. The number of nitrogens with zero attached hydrogens (tertiary/aromatic N) is 3. The largest absolute Gasteiger partial charge is 0.360 e. The fourth-order valence-electron chi connectivity index (χ4n) is 0.936. The van der Waals surface area contributed by atoms with Crippen LogP contribution in [0.3, 0.4) is 0 Å². The van der Waals surface area contributed by atoms with Crippen molar-refractivity contribution < 1.29 is 0 Å². The van der Waals surface area contributed by atoms with E-state index in [4.69, 9.17) is 5.84 Å². The Morgan fingerprint density at radius 3 is 2.79 bits per heavy atom. The third-order valence-corrected chi connectivity index (χ3v) is 2.44. The molecule has 0 bridgehead atoms. The van der Waals surface area contributed by atoms with Gasteiger partial charge in [0, 0.05) is 19.7 Å². The fourth-order valence-corrected chi connectivity index (χ4v) is 1.31. The number of hydrogen-bond acceptors (Lipinski definition) is 6. The van der Waals surface area contributed by atoms with E-state index in [1.54, 1.807) is 0 Å². The van der Waals surface area contributed by atoms with Crippen LogP contribution in [0.1, 0.15) is 6.92 Å². The molecular weight excluding hydrogens is 198 g/mol. The predicted octanol–water partition coefficient (Wildman–Crippen LogP) is 0.940. The average Bonchev–Trinajstić information content (AvgIpc) is 2.27. The van der Waals surface area contributed by atoms with Crippen LogP contribution < -0.4 is 16.2 Å². The second-order valence-corrected chi connectivity index (χ2v) is 3.53. The van der Waals surface area contributed by atoms with Crippen LogP contribution in [0, 0.1) is 0 Å². The standard InChI is InChI=1S/C8H15N5S/c1-4-13(2)7-5-6(12-9)10-8(11-7)14-3/h5H,4,9H2,1-3H3,(H,10,11,12). The van der Waals surface area contributed by atoms with Crippen molar-refractivity contribution in [3.05, 3.63) is 6.07 Å². The van der Waals surface area contributed by atoms with E-state index in [-0.39, 0.29) is 0 Å². The molecule has 0 saturated heterocycles. The molecule has 0 aromatic carbocycles. The van der Waals surface area contributed by atoms with Crippen molar-refractivity contribution in [2.24, 2.45) is 5.84 Å². The fraction of sp³-hybridized carbons (Fsp3) is 0.500. The molecule has 0 atom stereocenters. The molecule has 14 heavy (non-hydrogen) atoms. The van der Waals surface area contributed by atoms with E-state index in [9.17, 15) is 0 Å². The maximum atomic E-state index is 5.32. The molecule has 0 aliphatic heterocycles. The van der Waals surface area contributed by atoms with Gasteiger partial charge in [0.2, 0.25) is 0 Å². The molecule has 0 amide bonds. The second-order valence-electron chi connectivity index (χ2n) is 2.76. The van der Waals surface area contributed by atoms with E-state index >= 15 is 0 Å². The summed E-state index contributed by atoms with van der Waals surface area (Å²) in [6.45, 7) is 2.96. The van der Waals surface area contributed by atoms with Gasteiger partial charge in [-0.05, 0) is 13.2 Å². The van der Waals surface area contributed by atoms with Gasteiger partial charge in [-0.3, -0.25) is 0 Å². The lowest BCUT2D eigenvalue weighted by Crippen LogP contribution is -2.19. The van der Waals surface area contributed by atoms with E-state index in [2.05, 4.69) is 22.3 Å². The Morgan fingerprint density at radius 2 is 2.29 bits per heavy atom. The molecule has 1 heterocycles. The van der Waals surface area contributed by atoms with Crippen LogP contribution in [0.2, 0.25) is 0 Å². The minimum Gasteiger partial charge on any atom is -0.360 e. The first kappa shape index (κ1) is 11.1. The maximum absolute atomic E-state index is 5.32. The number of aromatic nitrogens is 2. The third-order valence-electron chi connectivity index (χ3n) is 1.89. The van der Waals surface area contributed by atoms with Crippen LogP contribution in [0.4, 0.5) is 11.6 Å². The lowest BCUT2D eigenvalue weighted by atomic mass is 10.5. The highest BCUT2D eigenvalue weighted by Crippen LogP contribution is 2.18. The molecule has 0 unspecified atom stereocenters. The van der Waals surface area contributed by atoms with E-state index in [0.717, 1.165) is 17.5 Å². The number of anilines is 2. The molecule has 0 aliphatic carbocycles. The molecule has 1 aromatic heterocycles. The van der Waals surface area contributed by atoms with Crippen LogP contribution in [0.15, 0.2) is 11.2 Å². The van der Waals surface area contributed by atoms with Crippen molar-refractivity contribution in [1.29, 1.82) is 0 Å². The van der Waals surface area contributed by atoms with Gasteiger partial charge in [-0.2, -0.15) is 0 Å². The van der Waals surface area contributed by atoms with Crippen LogP contribution in [0.25, 0.3) is 0 Å². The molecule has 0 spiro atoms. The average molecular weight is 213 g/mol. The first-order chi connectivity index (χ1) is 6.71. The van der Waals surface area contributed by atoms with Crippen molar-refractivity contribution in [2.45, 2.75) is 12.1 Å². The van der Waals surface area contributed by atoms with Crippen LogP contribution in [-0.4, -0.2) is 29.8 Å². The van der Waals surface area contributed by atoms with Gasteiger partial charge >= 0.3 is 0 Å². The number of hydrogen-bond donors (Lipinski definition) is 2. The minimum atomic E-state index is 0.639. The van der Waals surface area contributed by atoms with Gasteiger partial charge in [-0.25, -0.2) is 15.8 Å². The van der Waals surface area contributed by atoms with Gasteiger partial charge in [0.25, 0.3) is 0 Å². The van der Waals surface area contributed by atoms with Crippen molar-refractivity contribution in [3.63, 3.8) is 0 Å². The Kier molecular flexibility index (Phi) is 3.97. The Balaban J connectivity index is 3.04. The van der Waals surface area contributed by atoms with Crippen molar-refractivity contribution in [1.82, 2.24) is 9.97 Å². The zero-order valence-corrected chi connectivity index (χ0v) is 9.43. The normalized spacial score (nSPS) is 10.0. The van der Waals surface area contributed by atoms with Gasteiger partial charge in [0.05, 0.1) is 0 Å². The number of thioether (sulfide) groups is 1. The van der Waals surface area contributed by atoms with Gasteiger partial charge in [0.1, 0.15) is 11.6 Å². The number of nitrogen functional groups attached to an aromatic ring is 1. The zero-order chi connectivity index (χ0) is 10.6. The second kappa shape index (κ2) is 5.02. The summed E-state index contributed by atoms with van der Waals surface area (Å²) < 4.78 is 0. The molecule has 5 nitrogen and oxygen atoms in total. The molecule has 3 N–H and O–H groups in total. The van der Waals surface area contributed by atoms with Gasteiger partial charge in [0.15, 0.2) is 5.16 Å². The summed E-state index contributed by atoms with van der Waals surface area (Å²) in [7, 11) is 1.98. The summed E-state index contributed by atoms with van der Waals surface area (Å²) in [4.78, 5) is 10.6. The molecule has 0 fully saturated rings. The van der Waals surface area contributed by atoms with E-state index in [1.807, 2.05) is 24.3 Å². The van der Waals surface area contributed by atoms with Crippen LogP contribution in [0.5, 0.6) is 0 Å². The van der Waals surface area contributed by atoms with E-state index in [0.29, 0.717) is 5.82 Å². The number of nitrogens with two attached hydrogens (primary N) is 1. The van der Waals surface area contributed by atoms with Gasteiger partial charge in [-0.1, -0.05) is 11.8 Å². The first-order valence-electron chi connectivity index (χ1n) is 4.32. The van der Waals surface area contributed by atoms with Crippen molar-refractivity contribution >= 4 is 23.4 Å². The van der Waals surface area contributed by atoms with E-state index < -0.39 is 0 Å². The van der Waals surface area contributed by atoms with Crippen LogP contribution in [-0.2, 0) is 0 Å². The molecule has 78 valence electrons. The topological polar surface area (TPSA) is 67.1 Å². The summed E-state index contributed by atoms with van der Waals surface area (Å²) in [5, 5.41) is 0.718. The number of nitrogens with one attached hydrogen (secondary N) is 1. The highest BCUT2D eigenvalue weighted by molar-refractivity contribution is 7.98. The number of hydrazine groups is 1. The smallest absolute Gasteiger partial charge is 0.191 e. The van der Waals surface area contributed by atoms with Gasteiger partial charge < -0.3 is 10.3 Å². The summed E-state index contributed by atoms with van der Waals surface area (Å²) in [5.74, 6) is 6.83. The summed E-state index contributed by atoms with van der Waals surface area (Å²) in [6, 6.07) is 1.82. The molecule has 0 aliphatic rings. The Labute approximate surface area is 88.1 Å². The quantitative estimate of drug-likeness (QED) is 0.336. The Hall–Kier alpha value is -1.01. The highest BCUT2D eigenvalue weighted by atomic mass is 32.2. The first-order valence-corrected chi connectivity index (χ1v) is 5.54. The van der Waals surface area contributed by atoms with E-state index in [1.165, 1.54) is 11.8 Å². The zero-order valence-electron chi connectivity index (χ0n) is 8.61. The molecule has 6 heteroatoms.